The Morgan fingerprint density at radius 1 is 0.632 bits per heavy atom. The second-order valence-corrected chi connectivity index (χ2v) is 8.81. The number of aliphatic hydroxyl groups excluding tert-OH is 1. The Hall–Kier alpha value is -4.35. The highest BCUT2D eigenvalue weighted by Crippen LogP contribution is 2.16. The molecule has 0 bridgehead atoms. The van der Waals surface area contributed by atoms with E-state index in [9.17, 15) is 4.79 Å². The molecule has 0 spiro atoms. The van der Waals surface area contributed by atoms with Crippen LogP contribution >= 0.6 is 0 Å². The average molecular weight is 511 g/mol. The van der Waals surface area contributed by atoms with Crippen molar-refractivity contribution in [3.8, 4) is 11.5 Å². The smallest absolute Gasteiger partial charge is 0.330 e. The van der Waals surface area contributed by atoms with Crippen molar-refractivity contribution in [1.29, 1.82) is 0 Å². The minimum Gasteiger partial charge on any atom is -0.489 e. The molecule has 0 radical (unpaired) electrons. The number of hydrogen-bond donors (Lipinski definition) is 1. The maximum Gasteiger partial charge on any atom is 0.330 e. The first-order valence-corrected chi connectivity index (χ1v) is 12.4. The number of aliphatic hydroxyl groups is 1. The van der Waals surface area contributed by atoms with Crippen molar-refractivity contribution in [2.75, 3.05) is 0 Å². The van der Waals surface area contributed by atoms with Crippen molar-refractivity contribution in [2.45, 2.75) is 40.3 Å². The van der Waals surface area contributed by atoms with Crippen molar-refractivity contribution in [1.82, 2.24) is 0 Å². The first-order chi connectivity index (χ1) is 18.4. The van der Waals surface area contributed by atoms with E-state index in [0.29, 0.717) is 13.2 Å². The van der Waals surface area contributed by atoms with Gasteiger partial charge in [-0.05, 0) is 60.4 Å². The molecule has 0 aromatic heterocycles. The second-order valence-electron chi connectivity index (χ2n) is 8.81. The predicted molar refractivity (Wildman–Crippen MR) is 150 cm³/mol. The quantitative estimate of drug-likeness (QED) is 0.186. The summed E-state index contributed by atoms with van der Waals surface area (Å²) in [5, 5.41) is 8.92. The van der Waals surface area contributed by atoms with Gasteiger partial charge in [-0.2, -0.15) is 0 Å². The minimum atomic E-state index is -0.422. The maximum atomic E-state index is 11.0. The number of aryl methyl sites for hydroxylation is 2. The van der Waals surface area contributed by atoms with Gasteiger partial charge in [-0.3, -0.25) is 0 Å². The fourth-order valence-electron chi connectivity index (χ4n) is 3.29. The summed E-state index contributed by atoms with van der Waals surface area (Å²) in [4.78, 5) is 11.0. The Labute approximate surface area is 224 Å². The van der Waals surface area contributed by atoms with E-state index in [-0.39, 0.29) is 13.2 Å². The zero-order valence-corrected chi connectivity index (χ0v) is 21.9. The van der Waals surface area contributed by atoms with Crippen molar-refractivity contribution < 1.29 is 24.1 Å². The van der Waals surface area contributed by atoms with Crippen LogP contribution in [0, 0.1) is 13.8 Å². The highest BCUT2D eigenvalue weighted by atomic mass is 16.5. The lowest BCUT2D eigenvalue weighted by Crippen LogP contribution is -2.00. The van der Waals surface area contributed by atoms with Crippen molar-refractivity contribution in [2.24, 2.45) is 0 Å². The van der Waals surface area contributed by atoms with Gasteiger partial charge < -0.3 is 19.3 Å². The third-order valence-corrected chi connectivity index (χ3v) is 5.63. The van der Waals surface area contributed by atoms with Crippen LogP contribution in [0.1, 0.15) is 33.4 Å². The van der Waals surface area contributed by atoms with Crippen LogP contribution in [0.4, 0.5) is 0 Å². The molecule has 0 atom stereocenters. The zero-order chi connectivity index (χ0) is 27.2. The van der Waals surface area contributed by atoms with Crippen LogP contribution in [-0.4, -0.2) is 11.1 Å². The van der Waals surface area contributed by atoms with Gasteiger partial charge in [0.25, 0.3) is 0 Å². The summed E-state index contributed by atoms with van der Waals surface area (Å²) in [6.45, 7) is 8.88. The number of esters is 1. The molecular formula is C33H34O5. The fourth-order valence-corrected chi connectivity index (χ4v) is 3.29. The van der Waals surface area contributed by atoms with E-state index in [1.165, 1.54) is 11.1 Å². The summed E-state index contributed by atoms with van der Waals surface area (Å²) in [6.07, 6.45) is 1.15. The summed E-state index contributed by atoms with van der Waals surface area (Å²) in [7, 11) is 0. The van der Waals surface area contributed by atoms with Crippen molar-refractivity contribution in [3.05, 3.63) is 143 Å². The van der Waals surface area contributed by atoms with Crippen LogP contribution in [-0.2, 0) is 36.0 Å². The average Bonchev–Trinajstić information content (AvgIpc) is 2.96. The van der Waals surface area contributed by atoms with Crippen LogP contribution in [0.3, 0.4) is 0 Å². The van der Waals surface area contributed by atoms with E-state index in [1.807, 2.05) is 48.5 Å². The van der Waals surface area contributed by atoms with Crippen LogP contribution < -0.4 is 9.47 Å². The van der Waals surface area contributed by atoms with E-state index in [4.69, 9.17) is 19.3 Å². The number of benzene rings is 4. The Morgan fingerprint density at radius 3 is 1.39 bits per heavy atom. The molecule has 0 saturated carbocycles. The summed E-state index contributed by atoms with van der Waals surface area (Å²) in [5.41, 5.74) is 6.57. The molecule has 0 aliphatic carbocycles. The number of hydrogen-bond acceptors (Lipinski definition) is 5. The molecule has 38 heavy (non-hydrogen) atoms. The molecule has 4 aromatic carbocycles. The van der Waals surface area contributed by atoms with Gasteiger partial charge in [-0.1, -0.05) is 90.5 Å². The third kappa shape index (κ3) is 9.96. The molecule has 196 valence electrons. The highest BCUT2D eigenvalue weighted by molar-refractivity contribution is 5.81. The van der Waals surface area contributed by atoms with Crippen LogP contribution in [0.2, 0.25) is 0 Å². The van der Waals surface area contributed by atoms with Gasteiger partial charge in [0.05, 0.1) is 6.61 Å². The lowest BCUT2D eigenvalue weighted by atomic mass is 10.2. The number of rotatable bonds is 10. The Kier molecular flexibility index (Phi) is 11.2. The third-order valence-electron chi connectivity index (χ3n) is 5.63. The minimum absolute atomic E-state index is 0.0677. The van der Waals surface area contributed by atoms with E-state index in [0.717, 1.165) is 39.8 Å². The number of carbonyl (C=O) groups is 1. The van der Waals surface area contributed by atoms with E-state index < -0.39 is 5.97 Å². The standard InChI is InChI=1S/C18H18O3.C15H16O2/c1-3-18(19)21-13-16-8-10-17(11-9-16)20-12-15-6-4-14(2)5-7-15;1-12-2-4-14(5-3-12)11-17-15-8-6-13(10-16)7-9-15/h3-11H,1,12-13H2,2H3;2-9,16H,10-11H2,1H3. The summed E-state index contributed by atoms with van der Waals surface area (Å²) >= 11 is 0. The topological polar surface area (TPSA) is 65.0 Å². The second kappa shape index (κ2) is 15.0. The first kappa shape index (κ1) is 28.2. The Morgan fingerprint density at radius 2 is 1.00 bits per heavy atom. The highest BCUT2D eigenvalue weighted by Gasteiger charge is 2.00. The Balaban J connectivity index is 0.000000215. The van der Waals surface area contributed by atoms with Crippen molar-refractivity contribution in [3.63, 3.8) is 0 Å². The van der Waals surface area contributed by atoms with Gasteiger partial charge >= 0.3 is 5.97 Å². The molecule has 0 amide bonds. The lowest BCUT2D eigenvalue weighted by molar-refractivity contribution is -0.138. The summed E-state index contributed by atoms with van der Waals surface area (Å²) in [5.74, 6) is 1.19. The molecule has 4 aromatic rings. The van der Waals surface area contributed by atoms with Gasteiger partial charge in [-0.15, -0.1) is 0 Å². The largest absolute Gasteiger partial charge is 0.489 e. The summed E-state index contributed by atoms with van der Waals surface area (Å²) in [6, 6.07) is 31.5. The molecular weight excluding hydrogens is 476 g/mol. The molecule has 4 rings (SSSR count). The lowest BCUT2D eigenvalue weighted by Gasteiger charge is -2.08. The predicted octanol–water partition coefficient (Wildman–Crippen LogP) is 6.87. The molecule has 0 aliphatic rings. The van der Waals surface area contributed by atoms with Crippen LogP contribution in [0.5, 0.6) is 11.5 Å². The van der Waals surface area contributed by atoms with Crippen molar-refractivity contribution >= 4 is 5.97 Å². The first-order valence-electron chi connectivity index (χ1n) is 12.4. The van der Waals surface area contributed by atoms with Gasteiger partial charge in [0.1, 0.15) is 31.3 Å². The Bertz CT molecular complexity index is 1260. The molecule has 0 unspecified atom stereocenters. The van der Waals surface area contributed by atoms with E-state index in [2.05, 4.69) is 69.0 Å². The SMILES string of the molecule is C=CC(=O)OCc1ccc(OCc2ccc(C)cc2)cc1.Cc1ccc(COc2ccc(CO)cc2)cc1. The maximum absolute atomic E-state index is 11.0. The van der Waals surface area contributed by atoms with Gasteiger partial charge in [0, 0.05) is 6.08 Å². The number of ether oxygens (including phenoxy) is 3. The van der Waals surface area contributed by atoms with Gasteiger partial charge in [0.15, 0.2) is 0 Å². The van der Waals surface area contributed by atoms with Gasteiger partial charge in [0.2, 0.25) is 0 Å². The molecule has 1 N–H and O–H groups in total. The number of carbonyl (C=O) groups excluding carboxylic acids is 1. The van der Waals surface area contributed by atoms with Crippen LogP contribution in [0.25, 0.3) is 0 Å². The van der Waals surface area contributed by atoms with Gasteiger partial charge in [-0.25, -0.2) is 4.79 Å². The zero-order valence-electron chi connectivity index (χ0n) is 21.9. The molecule has 0 saturated heterocycles. The normalized spacial score (nSPS) is 10.1. The van der Waals surface area contributed by atoms with E-state index in [1.54, 1.807) is 0 Å². The molecule has 0 aliphatic heterocycles. The van der Waals surface area contributed by atoms with Crippen LogP contribution in [0.15, 0.2) is 110 Å². The molecule has 5 nitrogen and oxygen atoms in total. The molecule has 0 fully saturated rings. The monoisotopic (exact) mass is 510 g/mol. The fraction of sp³-hybridized carbons (Fsp3) is 0.182. The molecule has 0 heterocycles. The van der Waals surface area contributed by atoms with E-state index >= 15 is 0 Å². The molecule has 5 heteroatoms. The summed E-state index contributed by atoms with van der Waals surface area (Å²) < 4.78 is 16.3.